The molecule has 1 amide bonds. The smallest absolute Gasteiger partial charge is 0.227 e. The standard InChI is InChI=1S/C12H15IN2O/c1-2-14-10-6-5-9(13)7-11(10)15-12(16)8-3-4-8/h5-8,14H,2-4H2,1H3,(H,15,16). The third-order valence-corrected chi connectivity index (χ3v) is 3.23. The molecular formula is C12H15IN2O. The summed E-state index contributed by atoms with van der Waals surface area (Å²) in [5, 5.41) is 6.24. The molecule has 1 aliphatic carbocycles. The summed E-state index contributed by atoms with van der Waals surface area (Å²) < 4.78 is 1.13. The van der Waals surface area contributed by atoms with Gasteiger partial charge in [-0.15, -0.1) is 0 Å². The van der Waals surface area contributed by atoms with Crippen molar-refractivity contribution < 1.29 is 4.79 Å². The van der Waals surface area contributed by atoms with Gasteiger partial charge in [0.25, 0.3) is 0 Å². The Kier molecular flexibility index (Phi) is 3.68. The zero-order valence-electron chi connectivity index (χ0n) is 9.22. The number of halogens is 1. The molecule has 16 heavy (non-hydrogen) atoms. The van der Waals surface area contributed by atoms with Crippen LogP contribution in [0.15, 0.2) is 18.2 Å². The number of hydrogen-bond donors (Lipinski definition) is 2. The Morgan fingerprint density at radius 3 is 2.81 bits per heavy atom. The van der Waals surface area contributed by atoms with Crippen molar-refractivity contribution in [3.8, 4) is 0 Å². The van der Waals surface area contributed by atoms with Crippen LogP contribution in [-0.2, 0) is 4.79 Å². The quantitative estimate of drug-likeness (QED) is 0.833. The van der Waals surface area contributed by atoms with Gasteiger partial charge in [0.15, 0.2) is 0 Å². The lowest BCUT2D eigenvalue weighted by Gasteiger charge is -2.12. The molecule has 0 saturated heterocycles. The van der Waals surface area contributed by atoms with E-state index >= 15 is 0 Å². The molecule has 86 valence electrons. The maximum atomic E-state index is 11.7. The first-order valence-electron chi connectivity index (χ1n) is 5.55. The first-order valence-corrected chi connectivity index (χ1v) is 6.63. The second-order valence-corrected chi connectivity index (χ2v) is 5.23. The third-order valence-electron chi connectivity index (χ3n) is 2.55. The summed E-state index contributed by atoms with van der Waals surface area (Å²) in [6.45, 7) is 2.90. The minimum Gasteiger partial charge on any atom is -0.384 e. The van der Waals surface area contributed by atoms with E-state index in [1.165, 1.54) is 0 Å². The van der Waals surface area contributed by atoms with E-state index in [2.05, 4.69) is 33.2 Å². The summed E-state index contributed by atoms with van der Waals surface area (Å²) >= 11 is 2.25. The Morgan fingerprint density at radius 2 is 2.19 bits per heavy atom. The highest BCUT2D eigenvalue weighted by atomic mass is 127. The first kappa shape index (κ1) is 11.7. The van der Waals surface area contributed by atoms with Gasteiger partial charge in [0.2, 0.25) is 5.91 Å². The highest BCUT2D eigenvalue weighted by Gasteiger charge is 2.29. The van der Waals surface area contributed by atoms with Gasteiger partial charge < -0.3 is 10.6 Å². The van der Waals surface area contributed by atoms with Crippen molar-refractivity contribution in [2.75, 3.05) is 17.2 Å². The van der Waals surface area contributed by atoms with Gasteiger partial charge in [-0.2, -0.15) is 0 Å². The SMILES string of the molecule is CCNc1ccc(I)cc1NC(=O)C1CC1. The molecule has 1 aromatic carbocycles. The Bertz CT molecular complexity index is 402. The van der Waals surface area contributed by atoms with Crippen LogP contribution in [0.2, 0.25) is 0 Å². The summed E-state index contributed by atoms with van der Waals surface area (Å²) in [4.78, 5) is 11.7. The van der Waals surface area contributed by atoms with E-state index < -0.39 is 0 Å². The van der Waals surface area contributed by atoms with Gasteiger partial charge in [0.05, 0.1) is 11.4 Å². The van der Waals surface area contributed by atoms with Crippen molar-refractivity contribution in [2.45, 2.75) is 19.8 Å². The second-order valence-electron chi connectivity index (χ2n) is 3.98. The van der Waals surface area contributed by atoms with E-state index in [4.69, 9.17) is 0 Å². The number of rotatable bonds is 4. The van der Waals surface area contributed by atoms with Crippen LogP contribution in [0, 0.1) is 9.49 Å². The number of carbonyl (C=O) groups is 1. The summed E-state index contributed by atoms with van der Waals surface area (Å²) in [5.74, 6) is 0.397. The van der Waals surface area contributed by atoms with E-state index in [0.29, 0.717) is 0 Å². The van der Waals surface area contributed by atoms with Crippen LogP contribution < -0.4 is 10.6 Å². The molecule has 0 bridgehead atoms. The highest BCUT2D eigenvalue weighted by molar-refractivity contribution is 14.1. The molecule has 1 fully saturated rings. The average Bonchev–Trinajstić information content (AvgIpc) is 3.05. The largest absolute Gasteiger partial charge is 0.384 e. The zero-order chi connectivity index (χ0) is 11.5. The van der Waals surface area contributed by atoms with Gasteiger partial charge in [-0.05, 0) is 60.6 Å². The summed E-state index contributed by atoms with van der Waals surface area (Å²) in [5.41, 5.74) is 1.89. The number of amides is 1. The van der Waals surface area contributed by atoms with Crippen LogP contribution in [0.25, 0.3) is 0 Å². The molecule has 0 heterocycles. The van der Waals surface area contributed by atoms with Gasteiger partial charge in [0, 0.05) is 16.0 Å². The van der Waals surface area contributed by atoms with Gasteiger partial charge in [-0.3, -0.25) is 4.79 Å². The fraction of sp³-hybridized carbons (Fsp3) is 0.417. The molecule has 1 saturated carbocycles. The predicted octanol–water partition coefficient (Wildman–Crippen LogP) is 3.07. The van der Waals surface area contributed by atoms with E-state index in [9.17, 15) is 4.79 Å². The molecule has 2 rings (SSSR count). The molecule has 4 heteroatoms. The predicted molar refractivity (Wildman–Crippen MR) is 74.7 cm³/mol. The second kappa shape index (κ2) is 5.03. The number of nitrogens with one attached hydrogen (secondary N) is 2. The summed E-state index contributed by atoms with van der Waals surface area (Å²) in [6, 6.07) is 6.04. The van der Waals surface area contributed by atoms with Crippen LogP contribution in [0.4, 0.5) is 11.4 Å². The minimum atomic E-state index is 0.154. The lowest BCUT2D eigenvalue weighted by molar-refractivity contribution is -0.117. The number of carbonyl (C=O) groups excluding carboxylic acids is 1. The molecule has 0 aliphatic heterocycles. The topological polar surface area (TPSA) is 41.1 Å². The fourth-order valence-electron chi connectivity index (χ4n) is 1.54. The molecule has 0 aromatic heterocycles. The monoisotopic (exact) mass is 330 g/mol. The lowest BCUT2D eigenvalue weighted by atomic mass is 10.2. The van der Waals surface area contributed by atoms with Gasteiger partial charge >= 0.3 is 0 Å². The number of benzene rings is 1. The first-order chi connectivity index (χ1) is 7.70. The highest BCUT2D eigenvalue weighted by Crippen LogP contribution is 2.32. The average molecular weight is 330 g/mol. The van der Waals surface area contributed by atoms with Crippen molar-refractivity contribution >= 4 is 39.9 Å². The van der Waals surface area contributed by atoms with Crippen molar-refractivity contribution in [3.05, 3.63) is 21.8 Å². The normalized spacial score (nSPS) is 14.6. The van der Waals surface area contributed by atoms with Crippen molar-refractivity contribution in [1.29, 1.82) is 0 Å². The molecule has 0 unspecified atom stereocenters. The maximum Gasteiger partial charge on any atom is 0.227 e. The Hall–Kier alpha value is -0.780. The van der Waals surface area contributed by atoms with Gasteiger partial charge in [-0.1, -0.05) is 0 Å². The molecule has 0 spiro atoms. The summed E-state index contributed by atoms with van der Waals surface area (Å²) in [6.07, 6.45) is 2.07. The molecule has 0 radical (unpaired) electrons. The van der Waals surface area contributed by atoms with Crippen molar-refractivity contribution in [3.63, 3.8) is 0 Å². The van der Waals surface area contributed by atoms with Crippen LogP contribution in [0.3, 0.4) is 0 Å². The molecule has 1 aliphatic rings. The molecule has 0 atom stereocenters. The van der Waals surface area contributed by atoms with Crippen LogP contribution in [0.1, 0.15) is 19.8 Å². The Balaban J connectivity index is 2.15. The molecular weight excluding hydrogens is 315 g/mol. The Labute approximate surface area is 109 Å². The minimum absolute atomic E-state index is 0.154. The third kappa shape index (κ3) is 2.87. The van der Waals surface area contributed by atoms with Gasteiger partial charge in [-0.25, -0.2) is 0 Å². The fourth-order valence-corrected chi connectivity index (χ4v) is 2.04. The van der Waals surface area contributed by atoms with Crippen molar-refractivity contribution in [1.82, 2.24) is 0 Å². The van der Waals surface area contributed by atoms with Crippen LogP contribution >= 0.6 is 22.6 Å². The van der Waals surface area contributed by atoms with Crippen LogP contribution in [0.5, 0.6) is 0 Å². The molecule has 3 nitrogen and oxygen atoms in total. The van der Waals surface area contributed by atoms with E-state index in [0.717, 1.165) is 34.3 Å². The van der Waals surface area contributed by atoms with Crippen LogP contribution in [-0.4, -0.2) is 12.5 Å². The zero-order valence-corrected chi connectivity index (χ0v) is 11.4. The van der Waals surface area contributed by atoms with Gasteiger partial charge in [0.1, 0.15) is 0 Å². The van der Waals surface area contributed by atoms with E-state index in [1.54, 1.807) is 0 Å². The Morgan fingerprint density at radius 1 is 1.44 bits per heavy atom. The summed E-state index contributed by atoms with van der Waals surface area (Å²) in [7, 11) is 0. The van der Waals surface area contributed by atoms with Crippen molar-refractivity contribution in [2.24, 2.45) is 5.92 Å². The molecule has 2 N–H and O–H groups in total. The lowest BCUT2D eigenvalue weighted by Crippen LogP contribution is -2.15. The number of anilines is 2. The van der Waals surface area contributed by atoms with E-state index in [1.807, 2.05) is 25.1 Å². The maximum absolute atomic E-state index is 11.7. The molecule has 1 aromatic rings. The van der Waals surface area contributed by atoms with E-state index in [-0.39, 0.29) is 11.8 Å². The number of hydrogen-bond acceptors (Lipinski definition) is 2.